The average molecular weight is 298 g/mol. The number of pyridine rings is 1. The Bertz CT molecular complexity index is 766. The number of nitrogens with one attached hydrogen (secondary N) is 1. The molecule has 22 heavy (non-hydrogen) atoms. The van der Waals surface area contributed by atoms with Crippen LogP contribution in [-0.2, 0) is 0 Å². The van der Waals surface area contributed by atoms with Crippen LogP contribution in [0.3, 0.4) is 0 Å². The maximum absolute atomic E-state index is 12.7. The summed E-state index contributed by atoms with van der Waals surface area (Å²) in [6.07, 6.45) is 4.44. The van der Waals surface area contributed by atoms with Gasteiger partial charge < -0.3 is 9.84 Å². The van der Waals surface area contributed by atoms with Crippen LogP contribution in [0, 0.1) is 25.2 Å². The van der Waals surface area contributed by atoms with E-state index >= 15 is 0 Å². The highest BCUT2D eigenvalue weighted by molar-refractivity contribution is 6.06. The molecule has 0 aliphatic heterocycles. The summed E-state index contributed by atoms with van der Waals surface area (Å²) in [5, 5.41) is 16.9. The van der Waals surface area contributed by atoms with E-state index in [4.69, 9.17) is 4.52 Å². The second-order valence-electron chi connectivity index (χ2n) is 5.97. The van der Waals surface area contributed by atoms with Gasteiger partial charge in [-0.2, -0.15) is 5.26 Å². The fourth-order valence-electron chi connectivity index (χ4n) is 3.10. The zero-order chi connectivity index (χ0) is 15.7. The summed E-state index contributed by atoms with van der Waals surface area (Å²) in [6, 6.07) is 4.02. The van der Waals surface area contributed by atoms with Crippen LogP contribution in [0.4, 0.5) is 0 Å². The molecule has 1 amide bonds. The highest BCUT2D eigenvalue weighted by atomic mass is 16.5. The zero-order valence-corrected chi connectivity index (χ0v) is 12.8. The van der Waals surface area contributed by atoms with Crippen molar-refractivity contribution < 1.29 is 9.32 Å². The summed E-state index contributed by atoms with van der Waals surface area (Å²) in [7, 11) is 0. The first kappa shape index (κ1) is 14.5. The van der Waals surface area contributed by atoms with E-state index in [2.05, 4.69) is 21.5 Å². The predicted octanol–water partition coefficient (Wildman–Crippen LogP) is 2.80. The standard InChI is InChI=1S/C16H18N4O2/c1-10-8-12(13-11(2)20-22-15(13)18-10)14(21)19-16(9-17)6-4-3-5-7-16/h8H,3-7H2,1-2H3,(H,19,21). The van der Waals surface area contributed by atoms with E-state index < -0.39 is 5.54 Å². The molecule has 2 heterocycles. The highest BCUT2D eigenvalue weighted by Gasteiger charge is 2.34. The SMILES string of the molecule is Cc1cc(C(=O)NC2(C#N)CCCCC2)c2c(C)noc2n1. The predicted molar refractivity (Wildman–Crippen MR) is 80.2 cm³/mol. The number of amides is 1. The number of nitriles is 1. The number of nitrogens with zero attached hydrogens (tertiary/aromatic N) is 3. The molecule has 0 spiro atoms. The van der Waals surface area contributed by atoms with Crippen LogP contribution in [0.2, 0.25) is 0 Å². The van der Waals surface area contributed by atoms with Gasteiger partial charge in [-0.3, -0.25) is 4.79 Å². The largest absolute Gasteiger partial charge is 0.336 e. The molecule has 3 rings (SSSR count). The van der Waals surface area contributed by atoms with Crippen molar-refractivity contribution in [2.75, 3.05) is 0 Å². The van der Waals surface area contributed by atoms with Gasteiger partial charge in [0, 0.05) is 5.69 Å². The summed E-state index contributed by atoms with van der Waals surface area (Å²) < 4.78 is 5.16. The normalized spacial score (nSPS) is 17.1. The van der Waals surface area contributed by atoms with E-state index in [0.717, 1.165) is 19.3 Å². The number of carbonyl (C=O) groups is 1. The van der Waals surface area contributed by atoms with Crippen LogP contribution in [0.15, 0.2) is 10.6 Å². The quantitative estimate of drug-likeness (QED) is 0.920. The molecular formula is C16H18N4O2. The zero-order valence-electron chi connectivity index (χ0n) is 12.8. The van der Waals surface area contributed by atoms with Gasteiger partial charge in [-0.1, -0.05) is 24.4 Å². The van der Waals surface area contributed by atoms with Crippen LogP contribution in [-0.4, -0.2) is 21.6 Å². The molecule has 0 unspecified atom stereocenters. The van der Waals surface area contributed by atoms with Gasteiger partial charge in [0.15, 0.2) is 0 Å². The highest BCUT2D eigenvalue weighted by Crippen LogP contribution is 2.29. The van der Waals surface area contributed by atoms with Gasteiger partial charge in [0.1, 0.15) is 5.54 Å². The third-order valence-electron chi connectivity index (χ3n) is 4.26. The van der Waals surface area contributed by atoms with Gasteiger partial charge >= 0.3 is 0 Å². The van der Waals surface area contributed by atoms with Gasteiger partial charge in [-0.15, -0.1) is 0 Å². The van der Waals surface area contributed by atoms with Crippen molar-refractivity contribution in [1.29, 1.82) is 5.26 Å². The molecule has 6 nitrogen and oxygen atoms in total. The second kappa shape index (κ2) is 5.41. The van der Waals surface area contributed by atoms with Crippen molar-refractivity contribution in [3.63, 3.8) is 0 Å². The molecule has 0 atom stereocenters. The van der Waals surface area contributed by atoms with Crippen molar-refractivity contribution in [3.8, 4) is 6.07 Å². The molecule has 0 saturated heterocycles. The van der Waals surface area contributed by atoms with E-state index in [-0.39, 0.29) is 5.91 Å². The van der Waals surface area contributed by atoms with Gasteiger partial charge in [-0.05, 0) is 32.8 Å². The average Bonchev–Trinajstić information content (AvgIpc) is 2.88. The van der Waals surface area contributed by atoms with Crippen molar-refractivity contribution in [2.24, 2.45) is 0 Å². The molecule has 0 radical (unpaired) electrons. The lowest BCUT2D eigenvalue weighted by molar-refractivity contribution is 0.0904. The lowest BCUT2D eigenvalue weighted by atomic mass is 9.82. The summed E-state index contributed by atoms with van der Waals surface area (Å²) in [5.74, 6) is -0.259. The number of aryl methyl sites for hydroxylation is 2. The third kappa shape index (κ3) is 2.43. The van der Waals surface area contributed by atoms with Crippen LogP contribution in [0.5, 0.6) is 0 Å². The van der Waals surface area contributed by atoms with Crippen molar-refractivity contribution in [2.45, 2.75) is 51.5 Å². The Balaban J connectivity index is 1.99. The summed E-state index contributed by atoms with van der Waals surface area (Å²) in [4.78, 5) is 17.0. The molecule has 0 bridgehead atoms. The fraction of sp³-hybridized carbons (Fsp3) is 0.500. The first-order chi connectivity index (χ1) is 10.5. The smallest absolute Gasteiger partial charge is 0.258 e. The molecule has 1 saturated carbocycles. The first-order valence-electron chi connectivity index (χ1n) is 7.52. The van der Waals surface area contributed by atoms with Crippen LogP contribution >= 0.6 is 0 Å². The molecule has 1 aliphatic carbocycles. The summed E-state index contributed by atoms with van der Waals surface area (Å²) in [6.45, 7) is 3.58. The second-order valence-corrected chi connectivity index (χ2v) is 5.97. The minimum Gasteiger partial charge on any atom is -0.336 e. The van der Waals surface area contributed by atoms with E-state index in [1.54, 1.807) is 19.9 Å². The number of rotatable bonds is 2. The summed E-state index contributed by atoms with van der Waals surface area (Å²) >= 11 is 0. The molecule has 114 valence electrons. The van der Waals surface area contributed by atoms with Crippen molar-refractivity contribution in [1.82, 2.24) is 15.5 Å². The van der Waals surface area contributed by atoms with Gasteiger partial charge in [0.25, 0.3) is 11.6 Å². The van der Waals surface area contributed by atoms with Crippen LogP contribution in [0.1, 0.15) is 53.8 Å². The number of aromatic nitrogens is 2. The van der Waals surface area contributed by atoms with Gasteiger partial charge in [0.2, 0.25) is 0 Å². The summed E-state index contributed by atoms with van der Waals surface area (Å²) in [5.41, 5.74) is 1.38. The Labute approximate surface area is 128 Å². The van der Waals surface area contributed by atoms with E-state index in [0.29, 0.717) is 40.9 Å². The lowest BCUT2D eigenvalue weighted by Gasteiger charge is -2.31. The number of hydrogen-bond acceptors (Lipinski definition) is 5. The molecule has 2 aromatic heterocycles. The van der Waals surface area contributed by atoms with Crippen LogP contribution < -0.4 is 5.32 Å². The minimum absolute atomic E-state index is 0.259. The van der Waals surface area contributed by atoms with Gasteiger partial charge in [-0.25, -0.2) is 4.98 Å². The minimum atomic E-state index is -0.760. The molecule has 2 aromatic rings. The van der Waals surface area contributed by atoms with E-state index in [9.17, 15) is 10.1 Å². The molecule has 0 aromatic carbocycles. The topological polar surface area (TPSA) is 91.8 Å². The molecule has 1 N–H and O–H groups in total. The molecule has 6 heteroatoms. The first-order valence-corrected chi connectivity index (χ1v) is 7.52. The number of carbonyl (C=O) groups excluding carboxylic acids is 1. The lowest BCUT2D eigenvalue weighted by Crippen LogP contribution is -2.48. The Morgan fingerprint density at radius 2 is 2.09 bits per heavy atom. The Morgan fingerprint density at radius 3 is 2.77 bits per heavy atom. The van der Waals surface area contributed by atoms with E-state index in [1.165, 1.54) is 0 Å². The fourth-order valence-corrected chi connectivity index (χ4v) is 3.10. The van der Waals surface area contributed by atoms with E-state index in [1.807, 2.05) is 0 Å². The Morgan fingerprint density at radius 1 is 1.36 bits per heavy atom. The van der Waals surface area contributed by atoms with Crippen molar-refractivity contribution in [3.05, 3.63) is 23.0 Å². The number of hydrogen-bond donors (Lipinski definition) is 1. The Hall–Kier alpha value is -2.42. The molecular weight excluding hydrogens is 280 g/mol. The Kier molecular flexibility index (Phi) is 3.57. The molecule has 1 fully saturated rings. The molecule has 1 aliphatic rings. The maximum Gasteiger partial charge on any atom is 0.258 e. The maximum atomic E-state index is 12.7. The number of fused-ring (bicyclic) bond motifs is 1. The van der Waals surface area contributed by atoms with Crippen molar-refractivity contribution >= 4 is 17.0 Å². The van der Waals surface area contributed by atoms with Gasteiger partial charge in [0.05, 0.1) is 22.7 Å². The third-order valence-corrected chi connectivity index (χ3v) is 4.26. The van der Waals surface area contributed by atoms with Crippen LogP contribution in [0.25, 0.3) is 11.1 Å². The monoisotopic (exact) mass is 298 g/mol.